The topological polar surface area (TPSA) is 51.2 Å². The van der Waals surface area contributed by atoms with Crippen LogP contribution in [-0.2, 0) is 4.74 Å². The van der Waals surface area contributed by atoms with E-state index in [1.54, 1.807) is 12.4 Å². The number of ether oxygens (including phenoxy) is 1. The van der Waals surface area contributed by atoms with Gasteiger partial charge in [-0.25, -0.2) is 4.79 Å². The van der Waals surface area contributed by atoms with Crippen LogP contribution in [0.3, 0.4) is 0 Å². The van der Waals surface area contributed by atoms with Gasteiger partial charge in [0.15, 0.2) is 0 Å². The second-order valence-electron chi connectivity index (χ2n) is 5.59. The second-order valence-corrected chi connectivity index (χ2v) is 11.2. The minimum Gasteiger partial charge on any atom is -0.450 e. The Kier molecular flexibility index (Phi) is 5.34. The fourth-order valence-corrected chi connectivity index (χ4v) is 2.12. The van der Waals surface area contributed by atoms with Gasteiger partial charge in [-0.05, 0) is 30.7 Å². The van der Waals surface area contributed by atoms with Crippen molar-refractivity contribution in [3.8, 4) is 0 Å². The van der Waals surface area contributed by atoms with Crippen LogP contribution in [0.4, 0.5) is 4.79 Å². The number of hydrogen-bond acceptors (Lipinski definition) is 3. The van der Waals surface area contributed by atoms with Crippen LogP contribution in [0.5, 0.6) is 0 Å². The Morgan fingerprint density at radius 3 is 2.56 bits per heavy atom. The molecule has 1 atom stereocenters. The maximum absolute atomic E-state index is 11.6. The number of alkyl carbamates (subject to hydrolysis) is 1. The third-order valence-corrected chi connectivity index (χ3v) is 4.33. The smallest absolute Gasteiger partial charge is 0.407 e. The van der Waals surface area contributed by atoms with Gasteiger partial charge in [-0.2, -0.15) is 0 Å². The normalized spacial score (nSPS) is 12.9. The second kappa shape index (κ2) is 6.54. The molecule has 0 aliphatic heterocycles. The lowest BCUT2D eigenvalue weighted by Gasteiger charge is -2.17. The quantitative estimate of drug-likeness (QED) is 0.833. The Morgan fingerprint density at radius 2 is 2.00 bits per heavy atom. The Balaban J connectivity index is 2.32. The minimum absolute atomic E-state index is 0.0626. The molecule has 18 heavy (non-hydrogen) atoms. The van der Waals surface area contributed by atoms with Crippen molar-refractivity contribution in [1.29, 1.82) is 0 Å². The lowest BCUT2D eigenvalue weighted by molar-refractivity contribution is 0.148. The van der Waals surface area contributed by atoms with Crippen LogP contribution >= 0.6 is 0 Å². The van der Waals surface area contributed by atoms with Gasteiger partial charge in [0.25, 0.3) is 0 Å². The highest BCUT2D eigenvalue weighted by molar-refractivity contribution is 6.76. The molecule has 1 rings (SSSR count). The predicted molar refractivity (Wildman–Crippen MR) is 75.3 cm³/mol. The Morgan fingerprint density at radius 1 is 1.39 bits per heavy atom. The van der Waals surface area contributed by atoms with E-state index in [0.717, 1.165) is 11.6 Å². The number of rotatable bonds is 5. The molecule has 4 nitrogen and oxygen atoms in total. The van der Waals surface area contributed by atoms with E-state index in [4.69, 9.17) is 4.74 Å². The van der Waals surface area contributed by atoms with Gasteiger partial charge in [-0.3, -0.25) is 4.98 Å². The summed E-state index contributed by atoms with van der Waals surface area (Å²) in [4.78, 5) is 15.5. The molecule has 1 amide bonds. The first kappa shape index (κ1) is 14.7. The van der Waals surface area contributed by atoms with E-state index in [1.165, 1.54) is 0 Å². The molecule has 0 aromatic carbocycles. The predicted octanol–water partition coefficient (Wildman–Crippen LogP) is 3.21. The van der Waals surface area contributed by atoms with Crippen molar-refractivity contribution >= 4 is 14.2 Å². The molecule has 0 aliphatic carbocycles. The molecule has 1 heterocycles. The van der Waals surface area contributed by atoms with Crippen LogP contribution in [0.1, 0.15) is 18.5 Å². The number of hydrogen-bond donors (Lipinski definition) is 1. The van der Waals surface area contributed by atoms with Crippen molar-refractivity contribution in [1.82, 2.24) is 10.3 Å². The van der Waals surface area contributed by atoms with Gasteiger partial charge in [-0.15, -0.1) is 0 Å². The summed E-state index contributed by atoms with van der Waals surface area (Å²) in [5.41, 5.74) is 1.02. The van der Waals surface area contributed by atoms with Crippen molar-refractivity contribution < 1.29 is 9.53 Å². The van der Waals surface area contributed by atoms with Gasteiger partial charge in [0.2, 0.25) is 0 Å². The number of aromatic nitrogens is 1. The number of nitrogens with one attached hydrogen (secondary N) is 1. The van der Waals surface area contributed by atoms with Crippen molar-refractivity contribution in [3.05, 3.63) is 30.1 Å². The number of carbonyl (C=O) groups is 1. The van der Waals surface area contributed by atoms with Crippen LogP contribution < -0.4 is 5.32 Å². The SMILES string of the molecule is C[C@@H](NC(=O)OCC[Si](C)(C)C)c1ccncc1. The van der Waals surface area contributed by atoms with Gasteiger partial charge >= 0.3 is 6.09 Å². The Hall–Kier alpha value is -1.36. The molecule has 1 aromatic heterocycles. The average Bonchev–Trinajstić information content (AvgIpc) is 2.28. The lowest BCUT2D eigenvalue weighted by Crippen LogP contribution is -2.29. The van der Waals surface area contributed by atoms with Crippen LogP contribution in [0.15, 0.2) is 24.5 Å². The number of amides is 1. The number of nitrogens with zero attached hydrogens (tertiary/aromatic N) is 1. The van der Waals surface area contributed by atoms with Crippen LogP contribution in [0, 0.1) is 0 Å². The maximum atomic E-state index is 11.6. The van der Waals surface area contributed by atoms with Gasteiger partial charge in [0.1, 0.15) is 0 Å². The Labute approximate surface area is 110 Å². The zero-order valence-electron chi connectivity index (χ0n) is 11.6. The Bertz CT molecular complexity index is 376. The number of pyridine rings is 1. The van der Waals surface area contributed by atoms with Crippen LogP contribution in [0.25, 0.3) is 0 Å². The van der Waals surface area contributed by atoms with Crippen LogP contribution in [-0.4, -0.2) is 25.8 Å². The molecule has 0 saturated heterocycles. The molecule has 1 aromatic rings. The van der Waals surface area contributed by atoms with E-state index < -0.39 is 8.07 Å². The van der Waals surface area contributed by atoms with Crippen molar-refractivity contribution in [2.45, 2.75) is 38.7 Å². The summed E-state index contributed by atoms with van der Waals surface area (Å²) < 4.78 is 5.18. The molecular formula is C13H22N2O2Si. The monoisotopic (exact) mass is 266 g/mol. The van der Waals surface area contributed by atoms with E-state index in [2.05, 4.69) is 29.9 Å². The highest BCUT2D eigenvalue weighted by Crippen LogP contribution is 2.11. The molecule has 0 spiro atoms. The molecular weight excluding hydrogens is 244 g/mol. The highest BCUT2D eigenvalue weighted by atomic mass is 28.3. The third kappa shape index (κ3) is 5.81. The first-order chi connectivity index (χ1) is 8.38. The van der Waals surface area contributed by atoms with E-state index in [0.29, 0.717) is 6.61 Å². The van der Waals surface area contributed by atoms with Gasteiger partial charge in [-0.1, -0.05) is 19.6 Å². The van der Waals surface area contributed by atoms with Crippen molar-refractivity contribution in [2.24, 2.45) is 0 Å². The summed E-state index contributed by atoms with van der Waals surface area (Å²) in [5.74, 6) is 0. The molecule has 0 unspecified atom stereocenters. The van der Waals surface area contributed by atoms with Crippen molar-refractivity contribution in [2.75, 3.05) is 6.61 Å². The summed E-state index contributed by atoms with van der Waals surface area (Å²) in [6.45, 7) is 9.20. The van der Waals surface area contributed by atoms with E-state index >= 15 is 0 Å². The summed E-state index contributed by atoms with van der Waals surface area (Å²) >= 11 is 0. The van der Waals surface area contributed by atoms with E-state index in [9.17, 15) is 4.79 Å². The summed E-state index contributed by atoms with van der Waals surface area (Å²) in [7, 11) is -1.14. The zero-order valence-corrected chi connectivity index (χ0v) is 12.6. The molecule has 1 N–H and O–H groups in total. The first-order valence-electron chi connectivity index (χ1n) is 6.22. The average molecular weight is 266 g/mol. The minimum atomic E-state index is -1.14. The molecule has 100 valence electrons. The molecule has 0 bridgehead atoms. The van der Waals surface area contributed by atoms with E-state index in [1.807, 2.05) is 19.1 Å². The van der Waals surface area contributed by atoms with Gasteiger partial charge < -0.3 is 10.1 Å². The molecule has 0 aliphatic rings. The number of carbonyl (C=O) groups excluding carboxylic acids is 1. The van der Waals surface area contributed by atoms with Crippen LogP contribution in [0.2, 0.25) is 25.7 Å². The lowest BCUT2D eigenvalue weighted by atomic mass is 10.1. The third-order valence-electron chi connectivity index (χ3n) is 2.63. The van der Waals surface area contributed by atoms with Gasteiger partial charge in [0.05, 0.1) is 12.6 Å². The van der Waals surface area contributed by atoms with Gasteiger partial charge in [0, 0.05) is 20.5 Å². The largest absolute Gasteiger partial charge is 0.450 e. The maximum Gasteiger partial charge on any atom is 0.407 e. The zero-order chi connectivity index (χ0) is 13.6. The molecule has 5 heteroatoms. The standard InChI is InChI=1S/C13H22N2O2Si/c1-11(12-5-7-14-8-6-12)15-13(16)17-9-10-18(2,3)4/h5-8,11H,9-10H2,1-4H3,(H,15,16)/t11-/m1/s1. The van der Waals surface area contributed by atoms with E-state index in [-0.39, 0.29) is 12.1 Å². The summed E-state index contributed by atoms with van der Waals surface area (Å²) in [6, 6.07) is 4.69. The fraction of sp³-hybridized carbons (Fsp3) is 0.538. The van der Waals surface area contributed by atoms with Crippen molar-refractivity contribution in [3.63, 3.8) is 0 Å². The first-order valence-corrected chi connectivity index (χ1v) is 9.92. The summed E-state index contributed by atoms with van der Waals surface area (Å²) in [6.07, 6.45) is 3.08. The highest BCUT2D eigenvalue weighted by Gasteiger charge is 2.15. The molecule has 0 saturated carbocycles. The summed E-state index contributed by atoms with van der Waals surface area (Å²) in [5, 5.41) is 2.81. The molecule has 0 radical (unpaired) electrons. The molecule has 0 fully saturated rings. The fourth-order valence-electron chi connectivity index (χ4n) is 1.40.